The van der Waals surface area contributed by atoms with Gasteiger partial charge in [-0.2, -0.15) is 0 Å². The van der Waals surface area contributed by atoms with Gasteiger partial charge in [0, 0.05) is 31.4 Å². The molecule has 142 valence electrons. The molecule has 0 spiro atoms. The molecule has 2 heterocycles. The van der Waals surface area contributed by atoms with Crippen molar-refractivity contribution in [3.8, 4) is 5.75 Å². The maximum absolute atomic E-state index is 12.9. The highest BCUT2D eigenvalue weighted by Gasteiger charge is 2.32. The number of ether oxygens (including phenoxy) is 1. The normalized spacial score (nSPS) is 18.1. The van der Waals surface area contributed by atoms with Crippen LogP contribution in [0.3, 0.4) is 0 Å². The number of anilines is 2. The van der Waals surface area contributed by atoms with Gasteiger partial charge in [0.25, 0.3) is 5.91 Å². The number of rotatable bonds is 6. The van der Waals surface area contributed by atoms with Crippen molar-refractivity contribution in [3.05, 3.63) is 48.2 Å². The molecule has 4 rings (SSSR count). The molecule has 2 aromatic rings. The van der Waals surface area contributed by atoms with Crippen molar-refractivity contribution in [1.29, 1.82) is 0 Å². The molecule has 6 heteroatoms. The van der Waals surface area contributed by atoms with Crippen LogP contribution in [0.5, 0.6) is 5.75 Å². The molecule has 0 atom stereocenters. The number of nitrogens with one attached hydrogen (secondary N) is 2. The van der Waals surface area contributed by atoms with Gasteiger partial charge >= 0.3 is 0 Å². The summed E-state index contributed by atoms with van der Waals surface area (Å²) in [5, 5.41) is 6.43. The summed E-state index contributed by atoms with van der Waals surface area (Å²) in [6.45, 7) is 2.16. The molecule has 1 saturated heterocycles. The number of piperidine rings is 1. The van der Waals surface area contributed by atoms with E-state index in [0.29, 0.717) is 17.1 Å². The maximum Gasteiger partial charge on any atom is 0.255 e. The fourth-order valence-electron chi connectivity index (χ4n) is 3.68. The lowest BCUT2D eigenvalue weighted by Crippen LogP contribution is -2.45. The SMILES string of the molecule is COc1ccccc1Nc1ncccc1C(=O)NC1CCN(C2CC2)CC1. The predicted molar refractivity (Wildman–Crippen MR) is 106 cm³/mol. The Hall–Kier alpha value is -2.60. The fourth-order valence-corrected chi connectivity index (χ4v) is 3.68. The van der Waals surface area contributed by atoms with Crippen LogP contribution in [0, 0.1) is 0 Å². The summed E-state index contributed by atoms with van der Waals surface area (Å²) in [6, 6.07) is 12.2. The van der Waals surface area contributed by atoms with E-state index in [1.165, 1.54) is 12.8 Å². The zero-order valence-electron chi connectivity index (χ0n) is 15.6. The zero-order valence-corrected chi connectivity index (χ0v) is 15.6. The first-order valence-corrected chi connectivity index (χ1v) is 9.64. The number of nitrogens with zero attached hydrogens (tertiary/aromatic N) is 2. The van der Waals surface area contributed by atoms with Crippen molar-refractivity contribution >= 4 is 17.4 Å². The Bertz CT molecular complexity index is 798. The smallest absolute Gasteiger partial charge is 0.255 e. The largest absolute Gasteiger partial charge is 0.495 e. The van der Waals surface area contributed by atoms with Gasteiger partial charge in [0.05, 0.1) is 18.4 Å². The minimum Gasteiger partial charge on any atom is -0.495 e. The van der Waals surface area contributed by atoms with E-state index in [1.54, 1.807) is 25.4 Å². The van der Waals surface area contributed by atoms with E-state index in [-0.39, 0.29) is 11.9 Å². The molecule has 1 aromatic carbocycles. The molecule has 6 nitrogen and oxygen atoms in total. The van der Waals surface area contributed by atoms with Crippen LogP contribution in [0.25, 0.3) is 0 Å². The number of hydrogen-bond donors (Lipinski definition) is 2. The van der Waals surface area contributed by atoms with Crippen LogP contribution in [0.1, 0.15) is 36.0 Å². The first kappa shape index (κ1) is 17.8. The third-order valence-electron chi connectivity index (χ3n) is 5.34. The van der Waals surface area contributed by atoms with Crippen molar-refractivity contribution in [1.82, 2.24) is 15.2 Å². The molecule has 1 amide bonds. The van der Waals surface area contributed by atoms with Crippen molar-refractivity contribution in [2.75, 3.05) is 25.5 Å². The number of carbonyl (C=O) groups is 1. The standard InChI is InChI=1S/C21H26N4O2/c1-27-19-7-3-2-6-18(19)24-20-17(5-4-12-22-20)21(26)23-15-10-13-25(14-11-15)16-8-9-16/h2-7,12,15-16H,8-11,13-14H2,1H3,(H,22,24)(H,23,26). The van der Waals surface area contributed by atoms with Crippen molar-refractivity contribution < 1.29 is 9.53 Å². The number of benzene rings is 1. The van der Waals surface area contributed by atoms with Gasteiger partial charge in [0.2, 0.25) is 0 Å². The molecule has 2 aliphatic rings. The van der Waals surface area contributed by atoms with Crippen LogP contribution >= 0.6 is 0 Å². The van der Waals surface area contributed by atoms with E-state index >= 15 is 0 Å². The summed E-state index contributed by atoms with van der Waals surface area (Å²) in [7, 11) is 1.63. The van der Waals surface area contributed by atoms with Crippen LogP contribution < -0.4 is 15.4 Å². The van der Waals surface area contributed by atoms with Gasteiger partial charge in [-0.15, -0.1) is 0 Å². The Morgan fingerprint density at radius 2 is 1.89 bits per heavy atom. The predicted octanol–water partition coefficient (Wildman–Crippen LogP) is 3.19. The number of aromatic nitrogens is 1. The number of likely N-dealkylation sites (tertiary alicyclic amines) is 1. The van der Waals surface area contributed by atoms with E-state index in [2.05, 4.69) is 20.5 Å². The van der Waals surface area contributed by atoms with Gasteiger partial charge < -0.3 is 20.3 Å². The minimum absolute atomic E-state index is 0.0784. The molecule has 0 unspecified atom stereocenters. The molecule has 0 bridgehead atoms. The monoisotopic (exact) mass is 366 g/mol. The molecule has 1 aliphatic carbocycles. The van der Waals surface area contributed by atoms with E-state index in [1.807, 2.05) is 24.3 Å². The van der Waals surface area contributed by atoms with E-state index in [9.17, 15) is 4.79 Å². The van der Waals surface area contributed by atoms with Gasteiger partial charge in [-0.05, 0) is 49.9 Å². The lowest BCUT2D eigenvalue weighted by Gasteiger charge is -2.32. The molecule has 2 fully saturated rings. The average molecular weight is 366 g/mol. The van der Waals surface area contributed by atoms with E-state index < -0.39 is 0 Å². The topological polar surface area (TPSA) is 66.5 Å². The van der Waals surface area contributed by atoms with Gasteiger partial charge in [-0.25, -0.2) is 4.98 Å². The van der Waals surface area contributed by atoms with E-state index in [4.69, 9.17) is 4.74 Å². The van der Waals surface area contributed by atoms with Crippen molar-refractivity contribution in [2.45, 2.75) is 37.8 Å². The summed E-state index contributed by atoms with van der Waals surface area (Å²) in [5.41, 5.74) is 1.33. The Labute approximate surface area is 159 Å². The van der Waals surface area contributed by atoms with E-state index in [0.717, 1.165) is 37.7 Å². The van der Waals surface area contributed by atoms with Gasteiger partial charge in [0.15, 0.2) is 0 Å². The number of pyridine rings is 1. The molecular formula is C21H26N4O2. The number of carbonyl (C=O) groups excluding carboxylic acids is 1. The van der Waals surface area contributed by atoms with Crippen molar-refractivity contribution in [2.24, 2.45) is 0 Å². The first-order valence-electron chi connectivity index (χ1n) is 9.64. The van der Waals surface area contributed by atoms with Crippen LogP contribution in [0.2, 0.25) is 0 Å². The summed E-state index contributed by atoms with van der Waals surface area (Å²) < 4.78 is 5.38. The zero-order chi connectivity index (χ0) is 18.6. The Morgan fingerprint density at radius 3 is 2.63 bits per heavy atom. The lowest BCUT2D eigenvalue weighted by molar-refractivity contribution is 0.0909. The highest BCUT2D eigenvalue weighted by Crippen LogP contribution is 2.30. The average Bonchev–Trinajstić information content (AvgIpc) is 3.55. The molecular weight excluding hydrogens is 340 g/mol. The highest BCUT2D eigenvalue weighted by molar-refractivity contribution is 5.99. The molecule has 1 saturated carbocycles. The fraction of sp³-hybridized carbons (Fsp3) is 0.429. The Balaban J connectivity index is 1.43. The third-order valence-corrected chi connectivity index (χ3v) is 5.34. The van der Waals surface area contributed by atoms with Crippen LogP contribution in [0.4, 0.5) is 11.5 Å². The second-order valence-corrected chi connectivity index (χ2v) is 7.24. The molecule has 1 aromatic heterocycles. The second-order valence-electron chi connectivity index (χ2n) is 7.24. The van der Waals surface area contributed by atoms with Gasteiger partial charge in [-0.1, -0.05) is 12.1 Å². The highest BCUT2D eigenvalue weighted by atomic mass is 16.5. The first-order chi connectivity index (χ1) is 13.2. The molecule has 0 radical (unpaired) electrons. The minimum atomic E-state index is -0.0784. The summed E-state index contributed by atoms with van der Waals surface area (Å²) >= 11 is 0. The number of methoxy groups -OCH3 is 1. The van der Waals surface area contributed by atoms with Crippen LogP contribution in [-0.2, 0) is 0 Å². The molecule has 27 heavy (non-hydrogen) atoms. The number of para-hydroxylation sites is 2. The Morgan fingerprint density at radius 1 is 1.11 bits per heavy atom. The van der Waals surface area contributed by atoms with Crippen molar-refractivity contribution in [3.63, 3.8) is 0 Å². The molecule has 2 N–H and O–H groups in total. The summed E-state index contributed by atoms with van der Waals surface area (Å²) in [5.74, 6) is 1.17. The molecule has 1 aliphatic heterocycles. The summed E-state index contributed by atoms with van der Waals surface area (Å²) in [6.07, 6.45) is 6.38. The third kappa shape index (κ3) is 4.22. The summed E-state index contributed by atoms with van der Waals surface area (Å²) in [4.78, 5) is 19.8. The lowest BCUT2D eigenvalue weighted by atomic mass is 10.0. The van der Waals surface area contributed by atoms with Gasteiger partial charge in [-0.3, -0.25) is 4.79 Å². The Kier molecular flexibility index (Phi) is 5.25. The van der Waals surface area contributed by atoms with Crippen LogP contribution in [-0.4, -0.2) is 48.1 Å². The second kappa shape index (κ2) is 7.96. The number of amides is 1. The number of hydrogen-bond acceptors (Lipinski definition) is 5. The van der Waals surface area contributed by atoms with Gasteiger partial charge in [0.1, 0.15) is 11.6 Å². The quantitative estimate of drug-likeness (QED) is 0.822. The van der Waals surface area contributed by atoms with Crippen LogP contribution in [0.15, 0.2) is 42.6 Å². The maximum atomic E-state index is 12.9.